The number of sulfonamides is 1. The number of amides is 3. The monoisotopic (exact) mass is 784 g/mol. The second-order valence-corrected chi connectivity index (χ2v) is 17.7. The molecule has 1 saturated heterocycles. The predicted molar refractivity (Wildman–Crippen MR) is 215 cm³/mol. The molecule has 0 spiro atoms. The van der Waals surface area contributed by atoms with E-state index in [0.29, 0.717) is 44.0 Å². The Balaban J connectivity index is 1.17. The number of aryl methyl sites for hydroxylation is 1. The first-order chi connectivity index (χ1) is 26.6. The van der Waals surface area contributed by atoms with Gasteiger partial charge in [-0.1, -0.05) is 30.3 Å². The molecule has 56 heavy (non-hydrogen) atoms. The molecule has 0 unspecified atom stereocenters. The van der Waals surface area contributed by atoms with Crippen molar-refractivity contribution < 1.29 is 32.4 Å². The van der Waals surface area contributed by atoms with E-state index in [-0.39, 0.29) is 40.8 Å². The van der Waals surface area contributed by atoms with Crippen LogP contribution < -0.4 is 21.4 Å². The van der Waals surface area contributed by atoms with Gasteiger partial charge in [0.05, 0.1) is 4.90 Å². The number of carbonyl (C=O) groups excluding carboxylic acids is 3. The normalized spacial score (nSPS) is 19.3. The predicted octanol–water partition coefficient (Wildman–Crippen LogP) is 6.20. The Bertz CT molecular complexity index is 2080. The number of carbonyl (C=O) groups is 3. The number of ether oxygens (including phenoxy) is 1. The Hall–Kier alpha value is -5.21. The number of nitrogens with zero attached hydrogens (tertiary/aromatic N) is 2. The van der Waals surface area contributed by atoms with Crippen LogP contribution in [0.4, 0.5) is 10.5 Å². The Labute approximate surface area is 329 Å². The molecule has 0 radical (unpaired) electrons. The van der Waals surface area contributed by atoms with Crippen molar-refractivity contribution in [3.05, 3.63) is 95.9 Å². The van der Waals surface area contributed by atoms with E-state index in [0.717, 1.165) is 53.5 Å². The molecule has 0 bridgehead atoms. The molecule has 13 nitrogen and oxygen atoms in total. The Morgan fingerprint density at radius 1 is 0.982 bits per heavy atom. The molecular formula is C42H52N6O7S. The number of hydrogen-bond donors (Lipinski definition) is 4. The van der Waals surface area contributed by atoms with Gasteiger partial charge in [0.15, 0.2) is 5.84 Å². The van der Waals surface area contributed by atoms with Crippen molar-refractivity contribution in [1.29, 1.82) is 0 Å². The zero-order valence-electron chi connectivity index (χ0n) is 32.5. The summed E-state index contributed by atoms with van der Waals surface area (Å²) in [7, 11) is -3.62. The van der Waals surface area contributed by atoms with Crippen molar-refractivity contribution in [1.82, 2.24) is 20.4 Å². The highest BCUT2D eigenvalue weighted by molar-refractivity contribution is 7.89. The van der Waals surface area contributed by atoms with E-state index in [1.54, 1.807) is 36.4 Å². The molecule has 1 saturated carbocycles. The van der Waals surface area contributed by atoms with E-state index < -0.39 is 27.8 Å². The average molecular weight is 785 g/mol. The summed E-state index contributed by atoms with van der Waals surface area (Å²) >= 11 is 0. The van der Waals surface area contributed by atoms with Gasteiger partial charge in [-0.3, -0.25) is 9.59 Å². The second kappa shape index (κ2) is 17.3. The minimum Gasteiger partial charge on any atom is -0.444 e. The van der Waals surface area contributed by atoms with E-state index in [4.69, 9.17) is 9.57 Å². The lowest BCUT2D eigenvalue weighted by Gasteiger charge is -2.29. The highest BCUT2D eigenvalue weighted by Crippen LogP contribution is 2.31. The number of hydroxylamine groups is 1. The van der Waals surface area contributed by atoms with Gasteiger partial charge >= 0.3 is 6.09 Å². The lowest BCUT2D eigenvalue weighted by atomic mass is 9.81. The quantitative estimate of drug-likeness (QED) is 0.169. The molecule has 3 aromatic carbocycles. The maximum Gasteiger partial charge on any atom is 0.407 e. The van der Waals surface area contributed by atoms with Crippen LogP contribution >= 0.6 is 0 Å². The summed E-state index contributed by atoms with van der Waals surface area (Å²) in [4.78, 5) is 49.5. The Kier molecular flexibility index (Phi) is 12.5. The highest BCUT2D eigenvalue weighted by Gasteiger charge is 2.31. The van der Waals surface area contributed by atoms with Crippen LogP contribution in [0.25, 0.3) is 11.1 Å². The third kappa shape index (κ3) is 10.3. The van der Waals surface area contributed by atoms with Gasteiger partial charge in [-0.2, -0.15) is 9.30 Å². The van der Waals surface area contributed by atoms with Crippen molar-refractivity contribution in [2.24, 2.45) is 16.8 Å². The summed E-state index contributed by atoms with van der Waals surface area (Å²) in [6, 6.07) is 19.0. The third-order valence-corrected chi connectivity index (χ3v) is 12.2. The largest absolute Gasteiger partial charge is 0.444 e. The van der Waals surface area contributed by atoms with Crippen LogP contribution in [0, 0.1) is 18.8 Å². The fourth-order valence-corrected chi connectivity index (χ4v) is 8.81. The number of amidine groups is 1. The smallest absolute Gasteiger partial charge is 0.407 e. The summed E-state index contributed by atoms with van der Waals surface area (Å²) in [5.41, 5.74) is 6.72. The highest BCUT2D eigenvalue weighted by atomic mass is 32.2. The molecule has 14 heteroatoms. The van der Waals surface area contributed by atoms with Crippen LogP contribution in [0.5, 0.6) is 0 Å². The van der Waals surface area contributed by atoms with E-state index in [9.17, 15) is 22.8 Å². The molecule has 4 N–H and O–H groups in total. The second-order valence-electron chi connectivity index (χ2n) is 15.8. The number of nitrogens with one attached hydrogen (secondary N) is 4. The molecule has 0 aromatic heterocycles. The SMILES string of the molecule is C=C1N=C(c2ccc(NC(=O)[C@H](Cc3cccc(-c4cc(S(=O)(=O)N5CCCC5)ccc4C)c3)NC(=O)C3CCC(CNC(=O)OC(C)(C)C)CC3)cc2)NO1. The number of aliphatic imine (C=N–C) groups is 1. The molecule has 1 aliphatic carbocycles. The van der Waals surface area contributed by atoms with Gasteiger partial charge in [-0.25, -0.2) is 18.7 Å². The van der Waals surface area contributed by atoms with Crippen molar-refractivity contribution in [2.75, 3.05) is 25.0 Å². The van der Waals surface area contributed by atoms with Gasteiger partial charge in [-0.05, 0) is 137 Å². The first kappa shape index (κ1) is 40.5. The van der Waals surface area contributed by atoms with E-state index in [1.165, 1.54) is 4.31 Å². The molecule has 2 heterocycles. The number of alkyl carbamates (subject to hydrolysis) is 1. The standard InChI is InChI=1S/C42H52N6O7S/c1-27-11-20-35(56(52,53)48-21-6-7-22-48)25-36(27)33-10-8-9-30(23-33)24-37(40(50)45-34-18-16-31(17-19-34)38-44-28(2)55-47-38)46-39(49)32-14-12-29(13-15-32)26-43-41(51)54-42(3,4)5/h8-11,16-20,23,25,29,32,37H,2,6-7,12-15,21-22,24,26H2,1,3-5H3,(H,43,51)(H,44,47)(H,45,50)(H,46,49)/t29?,32?,37-/m0/s1. The van der Waals surface area contributed by atoms with Crippen molar-refractivity contribution in [3.8, 4) is 11.1 Å². The zero-order chi connectivity index (χ0) is 40.0. The minimum atomic E-state index is -3.62. The summed E-state index contributed by atoms with van der Waals surface area (Å²) in [6.45, 7) is 12.6. The van der Waals surface area contributed by atoms with Crippen LogP contribution in [0.3, 0.4) is 0 Å². The molecule has 298 valence electrons. The van der Waals surface area contributed by atoms with E-state index in [1.807, 2.05) is 58.0 Å². The van der Waals surface area contributed by atoms with E-state index in [2.05, 4.69) is 33.0 Å². The summed E-state index contributed by atoms with van der Waals surface area (Å²) in [6.07, 6.45) is 4.21. The van der Waals surface area contributed by atoms with E-state index >= 15 is 0 Å². The maximum atomic E-state index is 14.0. The number of anilines is 1. The molecular weight excluding hydrogens is 733 g/mol. The molecule has 3 aromatic rings. The zero-order valence-corrected chi connectivity index (χ0v) is 33.3. The third-order valence-electron chi connectivity index (χ3n) is 10.3. The van der Waals surface area contributed by atoms with Crippen LogP contribution in [0.15, 0.2) is 89.1 Å². The van der Waals surface area contributed by atoms with Crippen LogP contribution in [0.2, 0.25) is 0 Å². The lowest BCUT2D eigenvalue weighted by Crippen LogP contribution is -2.48. The number of hydrogen-bond acceptors (Lipinski definition) is 9. The van der Waals surface area contributed by atoms with Gasteiger partial charge in [0, 0.05) is 43.2 Å². The molecule has 2 aliphatic heterocycles. The molecule has 1 atom stereocenters. The maximum absolute atomic E-state index is 14.0. The fraction of sp³-hybridized carbons (Fsp3) is 0.429. The molecule has 3 amide bonds. The lowest BCUT2D eigenvalue weighted by molar-refractivity contribution is -0.130. The van der Waals surface area contributed by atoms with Crippen LogP contribution in [-0.2, 0) is 35.6 Å². The number of benzene rings is 3. The first-order valence-electron chi connectivity index (χ1n) is 19.2. The van der Waals surface area contributed by atoms with Gasteiger partial charge in [0.1, 0.15) is 11.6 Å². The molecule has 6 rings (SSSR count). The summed E-state index contributed by atoms with van der Waals surface area (Å²) < 4.78 is 33.7. The molecule has 2 fully saturated rings. The minimum absolute atomic E-state index is 0.198. The Morgan fingerprint density at radius 2 is 1.70 bits per heavy atom. The topological polar surface area (TPSA) is 168 Å². The fourth-order valence-electron chi connectivity index (χ4n) is 7.26. The first-order valence-corrected chi connectivity index (χ1v) is 20.7. The summed E-state index contributed by atoms with van der Waals surface area (Å²) in [5, 5.41) is 8.87. The van der Waals surface area contributed by atoms with Crippen molar-refractivity contribution in [2.45, 2.75) is 89.2 Å². The van der Waals surface area contributed by atoms with Crippen molar-refractivity contribution in [3.63, 3.8) is 0 Å². The number of rotatable bonds is 12. The van der Waals surface area contributed by atoms with Gasteiger partial charge in [0.25, 0.3) is 0 Å². The van der Waals surface area contributed by atoms with Crippen LogP contribution in [0.1, 0.15) is 76.0 Å². The summed E-state index contributed by atoms with van der Waals surface area (Å²) in [5.74, 6) is 0.113. The average Bonchev–Trinajstić information content (AvgIpc) is 3.87. The van der Waals surface area contributed by atoms with Crippen LogP contribution in [-0.4, -0.2) is 67.7 Å². The Morgan fingerprint density at radius 3 is 2.36 bits per heavy atom. The van der Waals surface area contributed by atoms with Gasteiger partial charge in [-0.15, -0.1) is 0 Å². The van der Waals surface area contributed by atoms with Gasteiger partial charge < -0.3 is 25.5 Å². The van der Waals surface area contributed by atoms with Gasteiger partial charge in [0.2, 0.25) is 27.7 Å². The molecule has 3 aliphatic rings. The van der Waals surface area contributed by atoms with Crippen molar-refractivity contribution >= 4 is 39.5 Å².